The average Bonchev–Trinajstić information content (AvgIpc) is 2.85. The minimum Gasteiger partial charge on any atom is -0.385 e. The van der Waals surface area contributed by atoms with Gasteiger partial charge in [-0.15, -0.1) is 0 Å². The second-order valence-corrected chi connectivity index (χ2v) is 7.99. The van der Waals surface area contributed by atoms with Gasteiger partial charge in [-0.25, -0.2) is 4.98 Å². The molecule has 0 N–H and O–H groups in total. The summed E-state index contributed by atoms with van der Waals surface area (Å²) < 4.78 is 6.98. The quantitative estimate of drug-likeness (QED) is 0.312. The lowest BCUT2D eigenvalue weighted by Gasteiger charge is -2.31. The Balaban J connectivity index is 2.05. The number of carbonyl (C=O) groups is 1. The summed E-state index contributed by atoms with van der Waals surface area (Å²) in [5, 5.41) is 0.603. The van der Waals surface area contributed by atoms with Gasteiger partial charge in [-0.1, -0.05) is 56.3 Å². The maximum Gasteiger partial charge on any atom is 0.261 e. The lowest BCUT2D eigenvalue weighted by molar-refractivity contribution is -0.129. The summed E-state index contributed by atoms with van der Waals surface area (Å²) >= 11 is 0. The van der Waals surface area contributed by atoms with E-state index in [4.69, 9.17) is 9.72 Å². The third-order valence-electron chi connectivity index (χ3n) is 5.65. The Morgan fingerprint density at radius 2 is 1.85 bits per heavy atom. The Hall–Kier alpha value is -3.25. The molecule has 0 saturated heterocycles. The van der Waals surface area contributed by atoms with Crippen molar-refractivity contribution in [2.75, 3.05) is 20.3 Å². The normalized spacial score (nSPS) is 12.3. The van der Waals surface area contributed by atoms with Gasteiger partial charge in [0.15, 0.2) is 0 Å². The molecule has 6 nitrogen and oxygen atoms in total. The number of benzene rings is 2. The van der Waals surface area contributed by atoms with Gasteiger partial charge >= 0.3 is 0 Å². The highest BCUT2D eigenvalue weighted by Gasteiger charge is 2.27. The zero-order valence-electron chi connectivity index (χ0n) is 19.7. The summed E-state index contributed by atoms with van der Waals surface area (Å²) in [5.41, 5.74) is 1.56. The predicted molar refractivity (Wildman–Crippen MR) is 133 cm³/mol. The molecule has 33 heavy (non-hydrogen) atoms. The van der Waals surface area contributed by atoms with E-state index < -0.39 is 0 Å². The Labute approximate surface area is 195 Å². The van der Waals surface area contributed by atoms with Gasteiger partial charge in [0.1, 0.15) is 5.82 Å². The Bertz CT molecular complexity index is 1140. The van der Waals surface area contributed by atoms with Gasteiger partial charge in [-0.2, -0.15) is 0 Å². The largest absolute Gasteiger partial charge is 0.385 e. The third-order valence-corrected chi connectivity index (χ3v) is 5.65. The van der Waals surface area contributed by atoms with Gasteiger partial charge in [-0.3, -0.25) is 14.2 Å². The number of rotatable bonds is 11. The first kappa shape index (κ1) is 24.4. The van der Waals surface area contributed by atoms with E-state index >= 15 is 0 Å². The van der Waals surface area contributed by atoms with Crippen LogP contribution in [0.1, 0.15) is 50.5 Å². The van der Waals surface area contributed by atoms with Crippen LogP contribution in [0.5, 0.6) is 0 Å². The molecule has 0 radical (unpaired) electrons. The molecule has 174 valence electrons. The average molecular weight is 448 g/mol. The van der Waals surface area contributed by atoms with Gasteiger partial charge < -0.3 is 9.64 Å². The zero-order valence-corrected chi connectivity index (χ0v) is 19.7. The van der Waals surface area contributed by atoms with Crippen molar-refractivity contribution in [3.05, 3.63) is 82.4 Å². The summed E-state index contributed by atoms with van der Waals surface area (Å²) in [6.45, 7) is 5.69. The summed E-state index contributed by atoms with van der Waals surface area (Å²) in [6, 6.07) is 16.8. The number of aromatic nitrogens is 2. The smallest absolute Gasteiger partial charge is 0.261 e. The minimum absolute atomic E-state index is 0.0555. The Morgan fingerprint density at radius 1 is 1.12 bits per heavy atom. The topological polar surface area (TPSA) is 64.4 Å². The first-order chi connectivity index (χ1) is 16.1. The maximum atomic E-state index is 13.4. The molecule has 0 aliphatic rings. The van der Waals surface area contributed by atoms with Crippen molar-refractivity contribution in [3.8, 4) is 0 Å². The van der Waals surface area contributed by atoms with Crippen molar-refractivity contribution in [1.29, 1.82) is 0 Å². The maximum absolute atomic E-state index is 13.4. The molecule has 1 unspecified atom stereocenters. The zero-order chi connectivity index (χ0) is 23.6. The number of carbonyl (C=O) groups excluding carboxylic acids is 1. The van der Waals surface area contributed by atoms with Crippen LogP contribution in [0, 0.1) is 0 Å². The van der Waals surface area contributed by atoms with E-state index in [0.29, 0.717) is 49.3 Å². The van der Waals surface area contributed by atoms with Crippen LogP contribution in [0.2, 0.25) is 0 Å². The number of fused-ring (bicyclic) bond motifs is 1. The molecule has 0 aliphatic carbocycles. The summed E-state index contributed by atoms with van der Waals surface area (Å²) in [7, 11) is 1.66. The number of amides is 1. The fourth-order valence-electron chi connectivity index (χ4n) is 4.05. The molecular formula is C27H33N3O3. The Kier molecular flexibility index (Phi) is 8.95. The van der Waals surface area contributed by atoms with E-state index in [0.717, 1.165) is 12.0 Å². The highest BCUT2D eigenvalue weighted by Crippen LogP contribution is 2.25. The number of nitrogens with zero attached hydrogens (tertiary/aromatic N) is 3. The van der Waals surface area contributed by atoms with Crippen LogP contribution >= 0.6 is 0 Å². The summed E-state index contributed by atoms with van der Waals surface area (Å²) in [6.07, 6.45) is 5.57. The van der Waals surface area contributed by atoms with E-state index in [-0.39, 0.29) is 17.5 Å². The van der Waals surface area contributed by atoms with E-state index in [2.05, 4.69) is 0 Å². The molecule has 1 aromatic heterocycles. The molecule has 0 aliphatic heterocycles. The highest BCUT2D eigenvalue weighted by atomic mass is 16.5. The van der Waals surface area contributed by atoms with Crippen molar-refractivity contribution < 1.29 is 9.53 Å². The van der Waals surface area contributed by atoms with Crippen LogP contribution in [0.25, 0.3) is 17.0 Å². The third kappa shape index (κ3) is 5.96. The first-order valence-electron chi connectivity index (χ1n) is 11.6. The molecule has 0 saturated carbocycles. The fourth-order valence-corrected chi connectivity index (χ4v) is 4.05. The van der Waals surface area contributed by atoms with Crippen LogP contribution in [0.4, 0.5) is 0 Å². The second kappa shape index (κ2) is 12.1. The van der Waals surface area contributed by atoms with Crippen molar-refractivity contribution in [1.82, 2.24) is 14.5 Å². The van der Waals surface area contributed by atoms with E-state index in [9.17, 15) is 9.59 Å². The van der Waals surface area contributed by atoms with Crippen molar-refractivity contribution in [2.24, 2.45) is 0 Å². The molecule has 1 heterocycles. The lowest BCUT2D eigenvalue weighted by Crippen LogP contribution is -2.39. The molecule has 2 aromatic carbocycles. The highest BCUT2D eigenvalue weighted by molar-refractivity contribution is 5.92. The standard InChI is InChI=1S/C27H33N3O3/c1-4-18-30-26(28-23-15-10-9-14-22(23)27(30)32)24(5-2)29(19-11-20-33-3)25(31)17-16-21-12-7-6-8-13-21/h6-10,12-17,24H,4-5,11,18-20H2,1-3H3/b17-16+. The molecule has 0 fully saturated rings. The lowest BCUT2D eigenvalue weighted by atomic mass is 10.1. The SMILES string of the molecule is CCCn1c(C(CC)N(CCCOC)C(=O)/C=C/c2ccccc2)nc2ccccc2c1=O. The second-order valence-electron chi connectivity index (χ2n) is 7.99. The van der Waals surface area contributed by atoms with Crippen molar-refractivity contribution in [3.63, 3.8) is 0 Å². The van der Waals surface area contributed by atoms with E-state index in [1.807, 2.05) is 79.4 Å². The van der Waals surface area contributed by atoms with Gasteiger partial charge in [0, 0.05) is 32.9 Å². The van der Waals surface area contributed by atoms with Crippen molar-refractivity contribution >= 4 is 22.9 Å². The van der Waals surface area contributed by atoms with Gasteiger partial charge in [0.05, 0.1) is 16.9 Å². The molecule has 3 aromatic rings. The number of para-hydroxylation sites is 1. The molecule has 0 bridgehead atoms. The number of methoxy groups -OCH3 is 1. The molecule has 6 heteroatoms. The summed E-state index contributed by atoms with van der Waals surface area (Å²) in [5.74, 6) is 0.536. The number of hydrogen-bond donors (Lipinski definition) is 0. The first-order valence-corrected chi connectivity index (χ1v) is 11.6. The number of ether oxygens (including phenoxy) is 1. The molecular weight excluding hydrogens is 414 g/mol. The van der Waals surface area contributed by atoms with Crippen LogP contribution < -0.4 is 5.56 Å². The van der Waals surface area contributed by atoms with Gasteiger partial charge in [0.25, 0.3) is 5.56 Å². The Morgan fingerprint density at radius 3 is 2.55 bits per heavy atom. The van der Waals surface area contributed by atoms with E-state index in [1.54, 1.807) is 17.8 Å². The summed E-state index contributed by atoms with van der Waals surface area (Å²) in [4.78, 5) is 33.4. The fraction of sp³-hybridized carbons (Fsp3) is 0.370. The number of hydrogen-bond acceptors (Lipinski definition) is 4. The predicted octanol–water partition coefficient (Wildman–Crippen LogP) is 4.84. The van der Waals surface area contributed by atoms with Crippen molar-refractivity contribution in [2.45, 2.75) is 45.7 Å². The van der Waals surface area contributed by atoms with E-state index in [1.165, 1.54) is 0 Å². The molecule has 1 atom stereocenters. The van der Waals surface area contributed by atoms with Crippen LogP contribution in [0.3, 0.4) is 0 Å². The van der Waals surface area contributed by atoms with Crippen LogP contribution in [0.15, 0.2) is 65.5 Å². The van der Waals surface area contributed by atoms with Gasteiger partial charge in [-0.05, 0) is 43.0 Å². The molecule has 3 rings (SSSR count). The van der Waals surface area contributed by atoms with Crippen LogP contribution in [-0.2, 0) is 16.1 Å². The molecule has 1 amide bonds. The molecule has 0 spiro atoms. The minimum atomic E-state index is -0.321. The monoisotopic (exact) mass is 447 g/mol. The van der Waals surface area contributed by atoms with Crippen LogP contribution in [-0.4, -0.2) is 40.6 Å². The van der Waals surface area contributed by atoms with Gasteiger partial charge in [0.2, 0.25) is 5.91 Å².